The number of thiocarbonyl (C=S) groups is 1. The van der Waals surface area contributed by atoms with Gasteiger partial charge in [0, 0.05) is 26.1 Å². The van der Waals surface area contributed by atoms with Crippen molar-refractivity contribution in [2.45, 2.75) is 20.3 Å². The Hall–Kier alpha value is -1.95. The number of nitrogens with one attached hydrogen (secondary N) is 2. The molecule has 0 atom stereocenters. The molecule has 0 radical (unpaired) electrons. The molecule has 0 aliphatic heterocycles. The molecule has 0 unspecified atom stereocenters. The maximum Gasteiger partial charge on any atom is 0.235 e. The lowest BCUT2D eigenvalue weighted by molar-refractivity contribution is -0.121. The van der Waals surface area contributed by atoms with E-state index in [1.54, 1.807) is 14.0 Å². The lowest BCUT2D eigenvalue weighted by Crippen LogP contribution is -2.44. The highest BCUT2D eigenvalue weighted by Crippen LogP contribution is 2.16. The van der Waals surface area contributed by atoms with E-state index in [0.717, 1.165) is 11.3 Å². The van der Waals surface area contributed by atoms with Crippen LogP contribution in [-0.2, 0) is 16.0 Å². The maximum atomic E-state index is 11.2. The molecular formula is C13H17N3O2S. The molecule has 6 heteroatoms. The van der Waals surface area contributed by atoms with E-state index in [4.69, 9.17) is 12.2 Å². The molecular weight excluding hydrogens is 262 g/mol. The summed E-state index contributed by atoms with van der Waals surface area (Å²) in [5, 5.41) is 4.78. The fourth-order valence-corrected chi connectivity index (χ4v) is 1.71. The van der Waals surface area contributed by atoms with Gasteiger partial charge >= 0.3 is 0 Å². The summed E-state index contributed by atoms with van der Waals surface area (Å²) < 4.78 is 0. The SMILES string of the molecule is CC(=O)Cc1ccccc1NC(=S)N(C)NC(C)=O. The Morgan fingerprint density at radius 3 is 2.47 bits per heavy atom. The third-order valence-electron chi connectivity index (χ3n) is 2.33. The normalized spacial score (nSPS) is 9.63. The van der Waals surface area contributed by atoms with E-state index >= 15 is 0 Å². The van der Waals surface area contributed by atoms with Crippen molar-refractivity contribution in [3.63, 3.8) is 0 Å². The number of Topliss-reactive ketones (excluding diaryl/α,β-unsaturated/α-hetero) is 1. The number of hydrogen-bond acceptors (Lipinski definition) is 3. The number of amides is 1. The first-order valence-corrected chi connectivity index (χ1v) is 6.20. The lowest BCUT2D eigenvalue weighted by Gasteiger charge is -2.21. The third kappa shape index (κ3) is 5.05. The zero-order valence-electron chi connectivity index (χ0n) is 11.2. The van der Waals surface area contributed by atoms with Gasteiger partial charge in [-0.1, -0.05) is 18.2 Å². The van der Waals surface area contributed by atoms with Crippen molar-refractivity contribution >= 4 is 34.7 Å². The number of ketones is 1. The average molecular weight is 279 g/mol. The predicted molar refractivity (Wildman–Crippen MR) is 78.6 cm³/mol. The summed E-state index contributed by atoms with van der Waals surface area (Å²) in [6.07, 6.45) is 0.343. The van der Waals surface area contributed by atoms with E-state index in [9.17, 15) is 9.59 Å². The quantitative estimate of drug-likeness (QED) is 0.648. The van der Waals surface area contributed by atoms with Gasteiger partial charge in [0.25, 0.3) is 0 Å². The minimum absolute atomic E-state index is 0.0791. The van der Waals surface area contributed by atoms with Crippen LogP contribution < -0.4 is 10.7 Å². The van der Waals surface area contributed by atoms with E-state index in [-0.39, 0.29) is 11.7 Å². The minimum atomic E-state index is -0.205. The van der Waals surface area contributed by atoms with Crippen molar-refractivity contribution in [3.05, 3.63) is 29.8 Å². The van der Waals surface area contributed by atoms with Gasteiger partial charge in [0.05, 0.1) is 0 Å². The van der Waals surface area contributed by atoms with Crippen molar-refractivity contribution in [3.8, 4) is 0 Å². The molecule has 1 amide bonds. The van der Waals surface area contributed by atoms with E-state index in [2.05, 4.69) is 10.7 Å². The van der Waals surface area contributed by atoms with Gasteiger partial charge in [0.15, 0.2) is 5.11 Å². The van der Waals surface area contributed by atoms with Crippen LogP contribution in [0.3, 0.4) is 0 Å². The zero-order valence-corrected chi connectivity index (χ0v) is 12.0. The molecule has 0 saturated heterocycles. The standard InChI is InChI=1S/C13H17N3O2S/c1-9(17)8-11-6-4-5-7-12(11)14-13(19)16(3)15-10(2)18/h4-7H,8H2,1-3H3,(H,14,19)(H,15,18). The Balaban J connectivity index is 2.78. The Bertz CT molecular complexity index is 502. The number of nitrogens with zero attached hydrogens (tertiary/aromatic N) is 1. The lowest BCUT2D eigenvalue weighted by atomic mass is 10.1. The van der Waals surface area contributed by atoms with Crippen LogP contribution in [-0.4, -0.2) is 28.9 Å². The molecule has 0 saturated carbocycles. The monoisotopic (exact) mass is 279 g/mol. The molecule has 0 bridgehead atoms. The molecule has 1 aromatic carbocycles. The van der Waals surface area contributed by atoms with Gasteiger partial charge in [0.1, 0.15) is 5.78 Å². The number of carbonyl (C=O) groups excluding carboxylic acids is 2. The van der Waals surface area contributed by atoms with Crippen LogP contribution in [0.4, 0.5) is 5.69 Å². The van der Waals surface area contributed by atoms with Gasteiger partial charge in [-0.25, -0.2) is 0 Å². The van der Waals surface area contributed by atoms with Gasteiger partial charge in [-0.2, -0.15) is 0 Å². The topological polar surface area (TPSA) is 61.4 Å². The molecule has 0 heterocycles. The Labute approximate surface area is 117 Å². The molecule has 19 heavy (non-hydrogen) atoms. The number of carbonyl (C=O) groups is 2. The van der Waals surface area contributed by atoms with Crippen molar-refractivity contribution in [2.24, 2.45) is 0 Å². The smallest absolute Gasteiger partial charge is 0.235 e. The number of rotatable bonds is 3. The third-order valence-corrected chi connectivity index (χ3v) is 2.70. The molecule has 1 rings (SSSR count). The average Bonchev–Trinajstić information content (AvgIpc) is 2.30. The second-order valence-corrected chi connectivity index (χ2v) is 4.58. The summed E-state index contributed by atoms with van der Waals surface area (Å²) in [5.41, 5.74) is 4.18. The van der Waals surface area contributed by atoms with E-state index in [0.29, 0.717) is 11.5 Å². The van der Waals surface area contributed by atoms with Crippen molar-refractivity contribution in [1.82, 2.24) is 10.4 Å². The summed E-state index contributed by atoms with van der Waals surface area (Å²) in [6.45, 7) is 2.95. The van der Waals surface area contributed by atoms with Crippen molar-refractivity contribution in [1.29, 1.82) is 0 Å². The van der Waals surface area contributed by atoms with Gasteiger partial charge < -0.3 is 5.32 Å². The fourth-order valence-electron chi connectivity index (χ4n) is 1.55. The number of para-hydroxylation sites is 1. The number of anilines is 1. The molecule has 0 aromatic heterocycles. The van der Waals surface area contributed by atoms with Crippen LogP contribution in [0.1, 0.15) is 19.4 Å². The largest absolute Gasteiger partial charge is 0.331 e. The molecule has 1 aromatic rings. The predicted octanol–water partition coefficient (Wildman–Crippen LogP) is 1.50. The minimum Gasteiger partial charge on any atom is -0.331 e. The second-order valence-electron chi connectivity index (χ2n) is 4.19. The Morgan fingerprint density at radius 1 is 1.26 bits per heavy atom. The van der Waals surface area contributed by atoms with Crippen LogP contribution in [0.5, 0.6) is 0 Å². The fraction of sp³-hybridized carbons (Fsp3) is 0.308. The summed E-state index contributed by atoms with van der Waals surface area (Å²) in [4.78, 5) is 22.1. The van der Waals surface area contributed by atoms with Crippen LogP contribution in [0.15, 0.2) is 24.3 Å². The molecule has 0 aliphatic rings. The van der Waals surface area contributed by atoms with Gasteiger partial charge in [0.2, 0.25) is 5.91 Å². The van der Waals surface area contributed by atoms with Crippen molar-refractivity contribution in [2.75, 3.05) is 12.4 Å². The van der Waals surface area contributed by atoms with Gasteiger partial charge in [-0.3, -0.25) is 20.0 Å². The first-order chi connectivity index (χ1) is 8.90. The molecule has 0 spiro atoms. The van der Waals surface area contributed by atoms with Gasteiger partial charge in [-0.15, -0.1) is 0 Å². The number of benzene rings is 1. The highest BCUT2D eigenvalue weighted by Gasteiger charge is 2.09. The molecule has 102 valence electrons. The number of hydrogen-bond donors (Lipinski definition) is 2. The van der Waals surface area contributed by atoms with Crippen LogP contribution >= 0.6 is 12.2 Å². The number of hydrazine groups is 1. The van der Waals surface area contributed by atoms with E-state index in [1.807, 2.05) is 24.3 Å². The van der Waals surface area contributed by atoms with E-state index in [1.165, 1.54) is 11.9 Å². The molecule has 5 nitrogen and oxygen atoms in total. The molecule has 0 fully saturated rings. The zero-order chi connectivity index (χ0) is 14.4. The highest BCUT2D eigenvalue weighted by molar-refractivity contribution is 7.80. The van der Waals surface area contributed by atoms with Crippen LogP contribution in [0.25, 0.3) is 0 Å². The first-order valence-electron chi connectivity index (χ1n) is 5.79. The van der Waals surface area contributed by atoms with Gasteiger partial charge in [-0.05, 0) is 30.8 Å². The summed E-state index contributed by atoms with van der Waals surface area (Å²) in [5.74, 6) is -0.126. The van der Waals surface area contributed by atoms with Crippen molar-refractivity contribution < 1.29 is 9.59 Å². The highest BCUT2D eigenvalue weighted by atomic mass is 32.1. The second kappa shape index (κ2) is 6.84. The summed E-state index contributed by atoms with van der Waals surface area (Å²) in [6, 6.07) is 7.42. The van der Waals surface area contributed by atoms with Crippen LogP contribution in [0.2, 0.25) is 0 Å². The summed E-state index contributed by atoms with van der Waals surface area (Å²) in [7, 11) is 1.64. The summed E-state index contributed by atoms with van der Waals surface area (Å²) >= 11 is 5.17. The first kappa shape index (κ1) is 15.1. The Morgan fingerprint density at radius 2 is 1.89 bits per heavy atom. The maximum absolute atomic E-state index is 11.2. The molecule has 0 aliphatic carbocycles. The van der Waals surface area contributed by atoms with E-state index < -0.39 is 0 Å². The Kier molecular flexibility index (Phi) is 5.44. The van der Waals surface area contributed by atoms with Crippen LogP contribution in [0, 0.1) is 0 Å². The molecule has 2 N–H and O–H groups in total.